The van der Waals surface area contributed by atoms with Gasteiger partial charge in [-0.1, -0.05) is 6.07 Å². The second-order valence-electron chi connectivity index (χ2n) is 5.33. The lowest BCUT2D eigenvalue weighted by atomic mass is 10.0. The Kier molecular flexibility index (Phi) is 4.31. The summed E-state index contributed by atoms with van der Waals surface area (Å²) in [4.78, 5) is 18.0. The van der Waals surface area contributed by atoms with E-state index in [1.54, 1.807) is 17.5 Å². The molecule has 110 valence electrons. The van der Waals surface area contributed by atoms with Crippen LogP contribution in [0.25, 0.3) is 0 Å². The van der Waals surface area contributed by atoms with E-state index in [9.17, 15) is 9.90 Å². The Bertz CT molecular complexity index is 586. The quantitative estimate of drug-likeness (QED) is 0.922. The van der Waals surface area contributed by atoms with Gasteiger partial charge in [-0.25, -0.2) is 0 Å². The van der Waals surface area contributed by atoms with E-state index in [0.717, 1.165) is 31.5 Å². The second kappa shape index (κ2) is 6.37. The Morgan fingerprint density at radius 3 is 3.05 bits per heavy atom. The van der Waals surface area contributed by atoms with Gasteiger partial charge in [-0.2, -0.15) is 11.3 Å². The summed E-state index contributed by atoms with van der Waals surface area (Å²) in [7, 11) is 0. The first-order valence-corrected chi connectivity index (χ1v) is 8.10. The largest absolute Gasteiger partial charge is 0.480 e. The molecule has 2 aromatic heterocycles. The lowest BCUT2D eigenvalue weighted by Gasteiger charge is -2.30. The van der Waals surface area contributed by atoms with Gasteiger partial charge in [0.2, 0.25) is 0 Å². The van der Waals surface area contributed by atoms with Crippen molar-refractivity contribution >= 4 is 17.3 Å². The van der Waals surface area contributed by atoms with Gasteiger partial charge < -0.3 is 5.11 Å². The van der Waals surface area contributed by atoms with Gasteiger partial charge in [0, 0.05) is 24.4 Å². The lowest BCUT2D eigenvalue weighted by Crippen LogP contribution is -2.39. The summed E-state index contributed by atoms with van der Waals surface area (Å²) in [5.74, 6) is -0.714. The van der Waals surface area contributed by atoms with Crippen molar-refractivity contribution in [2.24, 2.45) is 0 Å². The molecule has 2 aromatic rings. The fourth-order valence-corrected chi connectivity index (χ4v) is 3.74. The van der Waals surface area contributed by atoms with E-state index in [2.05, 4.69) is 21.3 Å². The molecule has 21 heavy (non-hydrogen) atoms. The Labute approximate surface area is 128 Å². The molecule has 0 saturated carbocycles. The number of aliphatic carboxylic acids is 1. The number of hydrogen-bond acceptors (Lipinski definition) is 4. The monoisotopic (exact) mass is 302 g/mol. The first-order valence-electron chi connectivity index (χ1n) is 7.16. The molecular formula is C16H18N2O2S. The number of rotatable bonds is 5. The van der Waals surface area contributed by atoms with E-state index in [1.165, 1.54) is 5.56 Å². The van der Waals surface area contributed by atoms with E-state index in [4.69, 9.17) is 0 Å². The molecule has 0 aliphatic carbocycles. The highest BCUT2D eigenvalue weighted by atomic mass is 32.1. The molecule has 0 radical (unpaired) electrons. The Balaban J connectivity index is 1.88. The molecule has 0 bridgehead atoms. The smallest absolute Gasteiger partial charge is 0.320 e. The first kappa shape index (κ1) is 14.2. The van der Waals surface area contributed by atoms with Gasteiger partial charge in [0.05, 0.1) is 0 Å². The van der Waals surface area contributed by atoms with Crippen LogP contribution in [0.1, 0.15) is 30.1 Å². The summed E-state index contributed by atoms with van der Waals surface area (Å²) in [6.07, 6.45) is 4.22. The van der Waals surface area contributed by atoms with Crippen LogP contribution in [0.3, 0.4) is 0 Å². The number of nitrogens with zero attached hydrogens (tertiary/aromatic N) is 2. The molecule has 1 aliphatic rings. The first-order chi connectivity index (χ1) is 10.3. The van der Waals surface area contributed by atoms with E-state index < -0.39 is 5.97 Å². The number of aromatic nitrogens is 1. The minimum absolute atomic E-state index is 0.0924. The minimum atomic E-state index is -0.714. The Hall–Kier alpha value is -1.72. The highest BCUT2D eigenvalue weighted by Crippen LogP contribution is 2.33. The Morgan fingerprint density at radius 1 is 1.48 bits per heavy atom. The molecule has 1 aliphatic heterocycles. The van der Waals surface area contributed by atoms with Crippen molar-refractivity contribution in [3.05, 3.63) is 52.5 Å². The maximum Gasteiger partial charge on any atom is 0.320 e. The van der Waals surface area contributed by atoms with Crippen LogP contribution >= 0.6 is 11.3 Å². The molecule has 1 N–H and O–H groups in total. The van der Waals surface area contributed by atoms with Crippen LogP contribution < -0.4 is 0 Å². The van der Waals surface area contributed by atoms with Crippen LogP contribution in [0.15, 0.2) is 41.2 Å². The number of thiophene rings is 1. The topological polar surface area (TPSA) is 53.4 Å². The van der Waals surface area contributed by atoms with Crippen LogP contribution in [0, 0.1) is 0 Å². The molecule has 0 amide bonds. The average Bonchev–Trinajstić information content (AvgIpc) is 3.17. The molecule has 5 heteroatoms. The summed E-state index contributed by atoms with van der Waals surface area (Å²) >= 11 is 1.65. The van der Waals surface area contributed by atoms with Crippen molar-refractivity contribution in [2.45, 2.75) is 31.3 Å². The molecule has 0 aromatic carbocycles. The summed E-state index contributed by atoms with van der Waals surface area (Å²) in [6.45, 7) is 0.838. The van der Waals surface area contributed by atoms with Crippen LogP contribution in [0.2, 0.25) is 0 Å². The van der Waals surface area contributed by atoms with E-state index >= 15 is 0 Å². The summed E-state index contributed by atoms with van der Waals surface area (Å²) in [5, 5.41) is 13.6. The van der Waals surface area contributed by atoms with Gasteiger partial charge in [0.1, 0.15) is 6.04 Å². The Morgan fingerprint density at radius 2 is 2.38 bits per heavy atom. The fourth-order valence-electron chi connectivity index (χ4n) is 3.04. The van der Waals surface area contributed by atoms with Gasteiger partial charge in [0.15, 0.2) is 0 Å². The predicted molar refractivity (Wildman–Crippen MR) is 82.4 cm³/mol. The maximum atomic E-state index is 11.5. The van der Waals surface area contributed by atoms with E-state index in [1.807, 2.05) is 23.6 Å². The third-order valence-electron chi connectivity index (χ3n) is 4.04. The number of carbonyl (C=O) groups is 1. The molecule has 4 nitrogen and oxygen atoms in total. The predicted octanol–water partition coefficient (Wildman–Crippen LogP) is 2.98. The number of hydrogen-bond donors (Lipinski definition) is 1. The molecule has 1 saturated heterocycles. The molecule has 0 spiro atoms. The van der Waals surface area contributed by atoms with Gasteiger partial charge in [-0.15, -0.1) is 0 Å². The number of carboxylic acid groups (broad SMARTS) is 1. The molecule has 2 atom stereocenters. The average molecular weight is 302 g/mol. The molecule has 3 rings (SSSR count). The normalized spacial score (nSPS) is 20.5. The number of carboxylic acids is 1. The summed E-state index contributed by atoms with van der Waals surface area (Å²) in [6, 6.07) is 7.69. The van der Waals surface area contributed by atoms with Crippen LogP contribution in [-0.4, -0.2) is 33.5 Å². The highest BCUT2D eigenvalue weighted by molar-refractivity contribution is 7.07. The molecular weight excluding hydrogens is 284 g/mol. The number of likely N-dealkylation sites (tertiary alicyclic amines) is 1. The summed E-state index contributed by atoms with van der Waals surface area (Å²) in [5.41, 5.74) is 2.20. The van der Waals surface area contributed by atoms with Crippen molar-refractivity contribution in [2.75, 3.05) is 6.54 Å². The van der Waals surface area contributed by atoms with E-state index in [-0.39, 0.29) is 12.1 Å². The summed E-state index contributed by atoms with van der Waals surface area (Å²) < 4.78 is 0. The standard InChI is InChI=1S/C16H18N2O2S/c19-16(20)14-5-3-8-18(14)15(12-6-9-21-11-12)10-13-4-1-2-7-17-13/h1-2,4,6-7,9,11,14-15H,3,5,8,10H2,(H,19,20). The van der Waals surface area contributed by atoms with Crippen LogP contribution in [-0.2, 0) is 11.2 Å². The van der Waals surface area contributed by atoms with Crippen molar-refractivity contribution in [1.82, 2.24) is 9.88 Å². The molecule has 1 fully saturated rings. The third-order valence-corrected chi connectivity index (χ3v) is 4.74. The van der Waals surface area contributed by atoms with Crippen molar-refractivity contribution in [1.29, 1.82) is 0 Å². The maximum absolute atomic E-state index is 11.5. The lowest BCUT2D eigenvalue weighted by molar-refractivity contribution is -0.143. The van der Waals surface area contributed by atoms with Crippen molar-refractivity contribution in [3.63, 3.8) is 0 Å². The SMILES string of the molecule is O=C(O)C1CCCN1C(Cc1ccccn1)c1ccsc1. The van der Waals surface area contributed by atoms with Crippen LogP contribution in [0.4, 0.5) is 0 Å². The second-order valence-corrected chi connectivity index (χ2v) is 6.11. The van der Waals surface area contributed by atoms with Crippen molar-refractivity contribution < 1.29 is 9.90 Å². The zero-order valence-electron chi connectivity index (χ0n) is 11.7. The van der Waals surface area contributed by atoms with Crippen LogP contribution in [0.5, 0.6) is 0 Å². The van der Waals surface area contributed by atoms with Gasteiger partial charge in [-0.05, 0) is 53.9 Å². The third kappa shape index (κ3) is 3.14. The molecule has 2 unspecified atom stereocenters. The van der Waals surface area contributed by atoms with E-state index in [0.29, 0.717) is 0 Å². The highest BCUT2D eigenvalue weighted by Gasteiger charge is 2.36. The van der Waals surface area contributed by atoms with Gasteiger partial charge in [0.25, 0.3) is 0 Å². The molecule has 3 heterocycles. The zero-order chi connectivity index (χ0) is 14.7. The van der Waals surface area contributed by atoms with Gasteiger partial charge in [-0.3, -0.25) is 14.7 Å². The van der Waals surface area contributed by atoms with Crippen molar-refractivity contribution in [3.8, 4) is 0 Å². The zero-order valence-corrected chi connectivity index (χ0v) is 12.5. The number of pyridine rings is 1. The minimum Gasteiger partial charge on any atom is -0.480 e. The van der Waals surface area contributed by atoms with Gasteiger partial charge >= 0.3 is 5.97 Å². The fraction of sp³-hybridized carbons (Fsp3) is 0.375.